The molecule has 0 radical (unpaired) electrons. The molecule has 1 saturated carbocycles. The van der Waals surface area contributed by atoms with E-state index in [-0.39, 0.29) is 5.54 Å². The van der Waals surface area contributed by atoms with Gasteiger partial charge in [0.1, 0.15) is 5.54 Å². The Morgan fingerprint density at radius 1 is 1.29 bits per heavy atom. The molecule has 2 aliphatic rings. The van der Waals surface area contributed by atoms with Crippen LogP contribution in [0.5, 0.6) is 0 Å². The van der Waals surface area contributed by atoms with Crippen LogP contribution in [0, 0.1) is 17.2 Å². The van der Waals surface area contributed by atoms with Gasteiger partial charge in [0.25, 0.3) is 0 Å². The summed E-state index contributed by atoms with van der Waals surface area (Å²) in [5.74, 6) is 0.532. The Morgan fingerprint density at radius 3 is 2.76 bits per heavy atom. The molecule has 0 aromatic heterocycles. The number of nitrogens with zero attached hydrogens (tertiary/aromatic N) is 2. The highest BCUT2D eigenvalue weighted by molar-refractivity contribution is 5.14. The standard InChI is InChI=1S/C18H33N3/c1-4-17-9-5-6-12-21(17)13-10-16-8-7-11-18(16,14-19)20-15(2)3/h15-17,20H,4-13H2,1-3H3. The second-order valence-corrected chi connectivity index (χ2v) is 7.35. The van der Waals surface area contributed by atoms with Crippen LogP contribution < -0.4 is 5.32 Å². The third-order valence-corrected chi connectivity index (χ3v) is 5.55. The Morgan fingerprint density at radius 2 is 2.10 bits per heavy atom. The van der Waals surface area contributed by atoms with Crippen molar-refractivity contribution in [3.8, 4) is 6.07 Å². The molecule has 0 spiro atoms. The highest BCUT2D eigenvalue weighted by Crippen LogP contribution is 2.38. The summed E-state index contributed by atoms with van der Waals surface area (Å²) < 4.78 is 0. The van der Waals surface area contributed by atoms with Gasteiger partial charge in [0, 0.05) is 12.1 Å². The highest BCUT2D eigenvalue weighted by Gasteiger charge is 2.43. The lowest BCUT2D eigenvalue weighted by molar-refractivity contribution is 0.127. The van der Waals surface area contributed by atoms with Gasteiger partial charge < -0.3 is 4.90 Å². The molecule has 1 aliphatic carbocycles. The van der Waals surface area contributed by atoms with Crippen LogP contribution in [-0.2, 0) is 0 Å². The summed E-state index contributed by atoms with van der Waals surface area (Å²) in [6.45, 7) is 9.09. The largest absolute Gasteiger partial charge is 0.300 e. The molecule has 1 heterocycles. The molecule has 0 amide bonds. The van der Waals surface area contributed by atoms with Gasteiger partial charge in [-0.1, -0.05) is 19.8 Å². The van der Waals surface area contributed by atoms with E-state index in [1.807, 2.05) is 0 Å². The molecule has 3 atom stereocenters. The van der Waals surface area contributed by atoms with Crippen molar-refractivity contribution >= 4 is 0 Å². The van der Waals surface area contributed by atoms with Gasteiger partial charge in [-0.25, -0.2) is 0 Å². The van der Waals surface area contributed by atoms with E-state index in [1.165, 1.54) is 58.0 Å². The van der Waals surface area contributed by atoms with E-state index in [9.17, 15) is 5.26 Å². The summed E-state index contributed by atoms with van der Waals surface area (Å²) in [4.78, 5) is 2.69. The average Bonchev–Trinajstić information content (AvgIpc) is 2.87. The van der Waals surface area contributed by atoms with Crippen molar-refractivity contribution in [2.45, 2.75) is 89.8 Å². The van der Waals surface area contributed by atoms with Gasteiger partial charge in [-0.15, -0.1) is 0 Å². The third kappa shape index (κ3) is 3.99. The Bertz CT molecular complexity index is 360. The first-order valence-corrected chi connectivity index (χ1v) is 9.04. The molecule has 120 valence electrons. The van der Waals surface area contributed by atoms with Crippen LogP contribution in [0.25, 0.3) is 0 Å². The van der Waals surface area contributed by atoms with Crippen molar-refractivity contribution in [1.82, 2.24) is 10.2 Å². The summed E-state index contributed by atoms with van der Waals surface area (Å²) in [7, 11) is 0. The molecule has 0 aromatic carbocycles. The van der Waals surface area contributed by atoms with Gasteiger partial charge in [-0.3, -0.25) is 5.32 Å². The highest BCUT2D eigenvalue weighted by atomic mass is 15.2. The van der Waals surface area contributed by atoms with Crippen molar-refractivity contribution < 1.29 is 0 Å². The summed E-state index contributed by atoms with van der Waals surface area (Å²) in [5, 5.41) is 13.3. The topological polar surface area (TPSA) is 39.1 Å². The Labute approximate surface area is 131 Å². The van der Waals surface area contributed by atoms with Crippen molar-refractivity contribution in [3.63, 3.8) is 0 Å². The Hall–Kier alpha value is -0.590. The lowest BCUT2D eigenvalue weighted by atomic mass is 9.84. The molecule has 2 fully saturated rings. The first kappa shape index (κ1) is 16.8. The number of rotatable bonds is 6. The SMILES string of the molecule is CCC1CCCCN1CCC1CCCC1(C#N)NC(C)C. The van der Waals surface area contributed by atoms with E-state index >= 15 is 0 Å². The van der Waals surface area contributed by atoms with Crippen LogP contribution >= 0.6 is 0 Å². The van der Waals surface area contributed by atoms with E-state index in [2.05, 4.69) is 37.1 Å². The predicted octanol–water partition coefficient (Wildman–Crippen LogP) is 3.70. The maximum absolute atomic E-state index is 9.74. The molecule has 0 bridgehead atoms. The summed E-state index contributed by atoms with van der Waals surface area (Å²) in [6.07, 6.45) is 10.0. The van der Waals surface area contributed by atoms with Gasteiger partial charge in [0.2, 0.25) is 0 Å². The van der Waals surface area contributed by atoms with E-state index in [0.29, 0.717) is 12.0 Å². The Kier molecular flexibility index (Phi) is 6.08. The molecule has 3 heteroatoms. The van der Waals surface area contributed by atoms with Gasteiger partial charge in [0.05, 0.1) is 6.07 Å². The minimum absolute atomic E-state index is 0.258. The Balaban J connectivity index is 1.93. The summed E-state index contributed by atoms with van der Waals surface area (Å²) in [6, 6.07) is 3.82. The van der Waals surface area contributed by atoms with E-state index in [0.717, 1.165) is 12.5 Å². The second-order valence-electron chi connectivity index (χ2n) is 7.35. The third-order valence-electron chi connectivity index (χ3n) is 5.55. The monoisotopic (exact) mass is 291 g/mol. The molecule has 3 nitrogen and oxygen atoms in total. The average molecular weight is 291 g/mol. The number of nitriles is 1. The fourth-order valence-electron chi connectivity index (χ4n) is 4.49. The minimum Gasteiger partial charge on any atom is -0.300 e. The van der Waals surface area contributed by atoms with Crippen LogP contribution in [0.3, 0.4) is 0 Å². The minimum atomic E-state index is -0.258. The molecule has 21 heavy (non-hydrogen) atoms. The van der Waals surface area contributed by atoms with Crippen LogP contribution in [0.1, 0.15) is 72.1 Å². The number of hydrogen-bond acceptors (Lipinski definition) is 3. The van der Waals surface area contributed by atoms with Crippen molar-refractivity contribution in [3.05, 3.63) is 0 Å². The van der Waals surface area contributed by atoms with Crippen molar-refractivity contribution in [2.75, 3.05) is 13.1 Å². The molecule has 1 saturated heterocycles. The van der Waals surface area contributed by atoms with Crippen molar-refractivity contribution in [1.29, 1.82) is 5.26 Å². The smallest absolute Gasteiger partial charge is 0.109 e. The zero-order valence-corrected chi connectivity index (χ0v) is 14.2. The quantitative estimate of drug-likeness (QED) is 0.811. The molecular formula is C18H33N3. The number of hydrogen-bond donors (Lipinski definition) is 1. The van der Waals surface area contributed by atoms with Crippen LogP contribution in [0.15, 0.2) is 0 Å². The molecular weight excluding hydrogens is 258 g/mol. The fourth-order valence-corrected chi connectivity index (χ4v) is 4.49. The molecule has 2 rings (SSSR count). The maximum atomic E-state index is 9.74. The predicted molar refractivity (Wildman–Crippen MR) is 88.1 cm³/mol. The maximum Gasteiger partial charge on any atom is 0.109 e. The number of likely N-dealkylation sites (tertiary alicyclic amines) is 1. The van der Waals surface area contributed by atoms with Gasteiger partial charge >= 0.3 is 0 Å². The zero-order valence-electron chi connectivity index (χ0n) is 14.2. The van der Waals surface area contributed by atoms with Gasteiger partial charge in [0.15, 0.2) is 0 Å². The summed E-state index contributed by atoms with van der Waals surface area (Å²) in [5.41, 5.74) is -0.258. The summed E-state index contributed by atoms with van der Waals surface area (Å²) >= 11 is 0. The normalized spacial score (nSPS) is 34.2. The van der Waals surface area contributed by atoms with E-state index < -0.39 is 0 Å². The first-order valence-electron chi connectivity index (χ1n) is 9.04. The van der Waals surface area contributed by atoms with Gasteiger partial charge in [-0.05, 0) is 71.4 Å². The van der Waals surface area contributed by atoms with Crippen molar-refractivity contribution in [2.24, 2.45) is 5.92 Å². The number of piperidine rings is 1. The molecule has 3 unspecified atom stereocenters. The van der Waals surface area contributed by atoms with Gasteiger partial charge in [-0.2, -0.15) is 5.26 Å². The molecule has 1 aliphatic heterocycles. The van der Waals surface area contributed by atoms with E-state index in [4.69, 9.17) is 0 Å². The fraction of sp³-hybridized carbons (Fsp3) is 0.944. The molecule has 1 N–H and O–H groups in total. The lowest BCUT2D eigenvalue weighted by Gasteiger charge is -2.38. The van der Waals surface area contributed by atoms with E-state index in [1.54, 1.807) is 0 Å². The molecule has 0 aromatic rings. The first-order chi connectivity index (χ1) is 10.1. The van der Waals surface area contributed by atoms with Crippen LogP contribution in [0.4, 0.5) is 0 Å². The zero-order chi connectivity index (χ0) is 15.3. The second kappa shape index (κ2) is 7.61. The van der Waals surface area contributed by atoms with Crippen LogP contribution in [-0.4, -0.2) is 35.6 Å². The lowest BCUT2D eigenvalue weighted by Crippen LogP contribution is -2.51. The number of nitrogens with one attached hydrogen (secondary N) is 1. The van der Waals surface area contributed by atoms with Crippen LogP contribution in [0.2, 0.25) is 0 Å².